The van der Waals surface area contributed by atoms with Crippen molar-refractivity contribution in [2.75, 3.05) is 7.11 Å². The summed E-state index contributed by atoms with van der Waals surface area (Å²) in [5, 5.41) is 2.47. The number of amides is 1. The highest BCUT2D eigenvalue weighted by atomic mass is 16.5. The van der Waals surface area contributed by atoms with Crippen LogP contribution in [0.2, 0.25) is 0 Å². The van der Waals surface area contributed by atoms with Gasteiger partial charge in [0.15, 0.2) is 12.0 Å². The lowest BCUT2D eigenvalue weighted by atomic mass is 10.0. The fraction of sp³-hybridized carbons (Fsp3) is 0.273. The Kier molecular flexibility index (Phi) is 2.87. The van der Waals surface area contributed by atoms with Gasteiger partial charge in [0, 0.05) is 7.11 Å². The molecule has 3 N–H and O–H groups in total. The first kappa shape index (κ1) is 10.6. The van der Waals surface area contributed by atoms with Gasteiger partial charge >= 0.3 is 0 Å². The van der Waals surface area contributed by atoms with Crippen LogP contribution in [0.1, 0.15) is 17.2 Å². The van der Waals surface area contributed by atoms with Crippen molar-refractivity contribution in [3.63, 3.8) is 0 Å². The average Bonchev–Trinajstić information content (AvgIpc) is 2.59. The topological polar surface area (TPSA) is 76.7 Å². The molecule has 5 nitrogen and oxygen atoms in total. The van der Waals surface area contributed by atoms with Crippen molar-refractivity contribution in [3.8, 4) is 0 Å². The first-order valence-electron chi connectivity index (χ1n) is 4.92. The Bertz CT molecular complexity index is 443. The molecule has 0 saturated heterocycles. The second-order valence-corrected chi connectivity index (χ2v) is 3.58. The van der Waals surface area contributed by atoms with E-state index in [-0.39, 0.29) is 11.9 Å². The molecule has 84 valence electrons. The third-order valence-corrected chi connectivity index (χ3v) is 2.35. The van der Waals surface area contributed by atoms with E-state index in [1.54, 1.807) is 7.11 Å². The van der Waals surface area contributed by atoms with E-state index in [1.165, 1.54) is 0 Å². The Morgan fingerprint density at radius 1 is 1.56 bits per heavy atom. The standard InChI is InChI=1S/C11H13N3O2/c1-16-6-7-3-2-4-8(5-7)9-10(15)14-11(12)13-9/h2-5,9H,6H2,1H3,(H3,12,13,14,15). The molecule has 1 aliphatic heterocycles. The van der Waals surface area contributed by atoms with Crippen LogP contribution in [0.3, 0.4) is 0 Å². The number of nitrogens with zero attached hydrogens (tertiary/aromatic N) is 1. The van der Waals surface area contributed by atoms with Gasteiger partial charge in [-0.25, -0.2) is 4.99 Å². The second-order valence-electron chi connectivity index (χ2n) is 3.58. The molecule has 1 heterocycles. The van der Waals surface area contributed by atoms with E-state index in [2.05, 4.69) is 10.3 Å². The van der Waals surface area contributed by atoms with Crippen LogP contribution in [0.25, 0.3) is 0 Å². The zero-order valence-corrected chi connectivity index (χ0v) is 8.93. The molecule has 1 aliphatic rings. The Hall–Kier alpha value is -1.88. The molecule has 0 saturated carbocycles. The van der Waals surface area contributed by atoms with E-state index in [0.717, 1.165) is 11.1 Å². The summed E-state index contributed by atoms with van der Waals surface area (Å²) in [5.41, 5.74) is 7.28. The SMILES string of the molecule is COCc1cccc(C2N=C(N)NC2=O)c1. The quantitative estimate of drug-likeness (QED) is 0.768. The summed E-state index contributed by atoms with van der Waals surface area (Å²) in [5.74, 6) is -0.0146. The van der Waals surface area contributed by atoms with Gasteiger partial charge in [-0.05, 0) is 11.1 Å². The number of methoxy groups -OCH3 is 1. The van der Waals surface area contributed by atoms with Crippen molar-refractivity contribution < 1.29 is 9.53 Å². The summed E-state index contributed by atoms with van der Waals surface area (Å²) in [7, 11) is 1.63. The molecule has 0 aromatic heterocycles. The summed E-state index contributed by atoms with van der Waals surface area (Å²) in [6, 6.07) is 7.03. The minimum atomic E-state index is -0.531. The van der Waals surface area contributed by atoms with Crippen molar-refractivity contribution in [2.45, 2.75) is 12.6 Å². The highest BCUT2D eigenvalue weighted by Gasteiger charge is 2.26. The Balaban J connectivity index is 2.26. The number of guanidine groups is 1. The number of rotatable bonds is 3. The summed E-state index contributed by atoms with van der Waals surface area (Å²) in [6.45, 7) is 0.515. The molecule has 0 bridgehead atoms. The Labute approximate surface area is 93.3 Å². The molecule has 1 amide bonds. The summed E-state index contributed by atoms with van der Waals surface area (Å²) >= 11 is 0. The summed E-state index contributed by atoms with van der Waals surface area (Å²) in [4.78, 5) is 15.6. The molecular formula is C11H13N3O2. The number of carbonyl (C=O) groups is 1. The largest absolute Gasteiger partial charge is 0.380 e. The molecule has 5 heteroatoms. The second kappa shape index (κ2) is 4.32. The highest BCUT2D eigenvalue weighted by molar-refractivity contribution is 6.04. The van der Waals surface area contributed by atoms with Crippen molar-refractivity contribution in [2.24, 2.45) is 10.7 Å². The van der Waals surface area contributed by atoms with Crippen LogP contribution in [-0.4, -0.2) is 19.0 Å². The molecule has 1 unspecified atom stereocenters. The third-order valence-electron chi connectivity index (χ3n) is 2.35. The highest BCUT2D eigenvalue weighted by Crippen LogP contribution is 2.21. The van der Waals surface area contributed by atoms with Crippen LogP contribution in [0.15, 0.2) is 29.3 Å². The fourth-order valence-electron chi connectivity index (χ4n) is 1.67. The number of nitrogens with two attached hydrogens (primary N) is 1. The number of hydrogen-bond acceptors (Lipinski definition) is 4. The van der Waals surface area contributed by atoms with E-state index in [1.807, 2.05) is 24.3 Å². The summed E-state index contributed by atoms with van der Waals surface area (Å²) in [6.07, 6.45) is 0. The molecule has 1 aromatic rings. The van der Waals surface area contributed by atoms with E-state index in [0.29, 0.717) is 6.61 Å². The van der Waals surface area contributed by atoms with E-state index in [9.17, 15) is 4.79 Å². The van der Waals surface area contributed by atoms with Gasteiger partial charge in [-0.2, -0.15) is 0 Å². The van der Waals surface area contributed by atoms with Gasteiger partial charge in [0.25, 0.3) is 5.91 Å². The van der Waals surface area contributed by atoms with Crippen LogP contribution in [-0.2, 0) is 16.1 Å². The number of benzene rings is 1. The fourth-order valence-corrected chi connectivity index (χ4v) is 1.67. The average molecular weight is 219 g/mol. The number of hydrogen-bond donors (Lipinski definition) is 2. The van der Waals surface area contributed by atoms with Crippen LogP contribution < -0.4 is 11.1 Å². The number of ether oxygens (including phenoxy) is 1. The summed E-state index contributed by atoms with van der Waals surface area (Å²) < 4.78 is 5.03. The van der Waals surface area contributed by atoms with Gasteiger partial charge < -0.3 is 10.5 Å². The molecular weight excluding hydrogens is 206 g/mol. The Morgan fingerprint density at radius 2 is 2.38 bits per heavy atom. The molecule has 0 fully saturated rings. The lowest BCUT2D eigenvalue weighted by Crippen LogP contribution is -2.31. The maximum absolute atomic E-state index is 11.5. The molecule has 0 spiro atoms. The van der Waals surface area contributed by atoms with Gasteiger partial charge in [-0.3, -0.25) is 10.1 Å². The zero-order valence-electron chi connectivity index (χ0n) is 8.93. The molecule has 1 atom stereocenters. The van der Waals surface area contributed by atoms with Gasteiger partial charge in [-0.1, -0.05) is 24.3 Å². The van der Waals surface area contributed by atoms with Gasteiger partial charge in [0.1, 0.15) is 0 Å². The zero-order chi connectivity index (χ0) is 11.5. The third kappa shape index (κ3) is 2.04. The number of nitrogens with one attached hydrogen (secondary N) is 1. The molecule has 0 radical (unpaired) electrons. The van der Waals surface area contributed by atoms with Crippen molar-refractivity contribution in [1.82, 2.24) is 5.32 Å². The normalized spacial score (nSPS) is 19.4. The van der Waals surface area contributed by atoms with E-state index in [4.69, 9.17) is 10.5 Å². The number of carbonyl (C=O) groups excluding carboxylic acids is 1. The number of aliphatic imine (C=N–C) groups is 1. The van der Waals surface area contributed by atoms with Gasteiger partial charge in [0.05, 0.1) is 6.61 Å². The first-order chi connectivity index (χ1) is 7.70. The van der Waals surface area contributed by atoms with Crippen LogP contribution in [0.4, 0.5) is 0 Å². The molecule has 2 rings (SSSR count). The van der Waals surface area contributed by atoms with Crippen LogP contribution in [0, 0.1) is 0 Å². The molecule has 16 heavy (non-hydrogen) atoms. The van der Waals surface area contributed by atoms with E-state index < -0.39 is 6.04 Å². The predicted octanol–water partition coefficient (Wildman–Crippen LogP) is 0.319. The smallest absolute Gasteiger partial charge is 0.256 e. The Morgan fingerprint density at radius 3 is 3.00 bits per heavy atom. The van der Waals surface area contributed by atoms with Gasteiger partial charge in [-0.15, -0.1) is 0 Å². The van der Waals surface area contributed by atoms with E-state index >= 15 is 0 Å². The van der Waals surface area contributed by atoms with Crippen molar-refractivity contribution >= 4 is 11.9 Å². The lowest BCUT2D eigenvalue weighted by Gasteiger charge is -2.07. The predicted molar refractivity (Wildman–Crippen MR) is 59.7 cm³/mol. The van der Waals surface area contributed by atoms with Crippen molar-refractivity contribution in [1.29, 1.82) is 0 Å². The van der Waals surface area contributed by atoms with Crippen molar-refractivity contribution in [3.05, 3.63) is 35.4 Å². The minimum absolute atomic E-state index is 0.173. The van der Waals surface area contributed by atoms with Gasteiger partial charge in [0.2, 0.25) is 0 Å². The monoisotopic (exact) mass is 219 g/mol. The minimum Gasteiger partial charge on any atom is -0.380 e. The molecule has 1 aromatic carbocycles. The maximum atomic E-state index is 11.5. The van der Waals surface area contributed by atoms with Crippen LogP contribution >= 0.6 is 0 Å². The first-order valence-corrected chi connectivity index (χ1v) is 4.92. The lowest BCUT2D eigenvalue weighted by molar-refractivity contribution is -0.120. The maximum Gasteiger partial charge on any atom is 0.256 e. The molecule has 0 aliphatic carbocycles. The van der Waals surface area contributed by atoms with Crippen LogP contribution in [0.5, 0.6) is 0 Å².